The van der Waals surface area contributed by atoms with Gasteiger partial charge in [-0.15, -0.1) is 0 Å². The highest BCUT2D eigenvalue weighted by atomic mass is 16.6. The summed E-state index contributed by atoms with van der Waals surface area (Å²) < 4.78 is 10.6. The molecule has 1 fully saturated rings. The second kappa shape index (κ2) is 9.75. The molecule has 0 aliphatic carbocycles. The minimum Gasteiger partial charge on any atom is -0.497 e. The average molecular weight is 453 g/mol. The van der Waals surface area contributed by atoms with Gasteiger partial charge in [0.05, 0.1) is 31.1 Å². The van der Waals surface area contributed by atoms with Crippen molar-refractivity contribution >= 4 is 17.6 Å². The number of amides is 2. The van der Waals surface area contributed by atoms with E-state index in [1.165, 1.54) is 0 Å². The van der Waals surface area contributed by atoms with Gasteiger partial charge in [0.15, 0.2) is 5.78 Å². The van der Waals surface area contributed by atoms with E-state index in [0.717, 1.165) is 11.1 Å². The number of Topliss-reactive ketones (excluding diaryl/α,β-unsaturated/α-hetero) is 1. The van der Waals surface area contributed by atoms with Crippen molar-refractivity contribution in [3.63, 3.8) is 0 Å². The molecule has 1 heterocycles. The molecule has 1 aliphatic rings. The van der Waals surface area contributed by atoms with Crippen molar-refractivity contribution in [2.24, 2.45) is 17.1 Å². The highest BCUT2D eigenvalue weighted by Crippen LogP contribution is 2.32. The molecule has 1 saturated heterocycles. The Morgan fingerprint density at radius 1 is 1.06 bits per heavy atom. The maximum absolute atomic E-state index is 13.5. The maximum Gasteiger partial charge on any atom is 0.225 e. The van der Waals surface area contributed by atoms with E-state index in [2.05, 4.69) is 5.32 Å². The van der Waals surface area contributed by atoms with Crippen LogP contribution in [-0.4, -0.2) is 43.0 Å². The molecule has 0 unspecified atom stereocenters. The maximum atomic E-state index is 13.5. The van der Waals surface area contributed by atoms with Gasteiger partial charge in [-0.2, -0.15) is 0 Å². The van der Waals surface area contributed by atoms with E-state index in [1.807, 2.05) is 42.5 Å². The molecular formula is C26H32N2O5. The zero-order valence-corrected chi connectivity index (χ0v) is 19.6. The van der Waals surface area contributed by atoms with Crippen LogP contribution in [0.2, 0.25) is 0 Å². The molecule has 7 nitrogen and oxygen atoms in total. The molecule has 0 spiro atoms. The van der Waals surface area contributed by atoms with E-state index in [0.29, 0.717) is 18.8 Å². The summed E-state index contributed by atoms with van der Waals surface area (Å²) in [5.74, 6) is -1.24. The molecule has 2 aromatic rings. The van der Waals surface area contributed by atoms with E-state index >= 15 is 0 Å². The summed E-state index contributed by atoms with van der Waals surface area (Å²) in [6.07, 6.45) is 0.613. The lowest BCUT2D eigenvalue weighted by Gasteiger charge is -2.32. The molecule has 7 heteroatoms. The first kappa shape index (κ1) is 24.5. The number of nitrogens with one attached hydrogen (secondary N) is 1. The highest BCUT2D eigenvalue weighted by molar-refractivity contribution is 5.98. The first-order valence-electron chi connectivity index (χ1n) is 11.0. The Balaban J connectivity index is 1.86. The van der Waals surface area contributed by atoms with E-state index in [1.54, 1.807) is 40.0 Å². The fraction of sp³-hybridized carbons (Fsp3) is 0.423. The number of hydrogen-bond donors (Lipinski definition) is 2. The number of benzene rings is 2. The van der Waals surface area contributed by atoms with Crippen LogP contribution in [0.25, 0.3) is 0 Å². The molecule has 0 saturated carbocycles. The van der Waals surface area contributed by atoms with Crippen LogP contribution in [0.1, 0.15) is 31.9 Å². The highest BCUT2D eigenvalue weighted by Gasteiger charge is 2.50. The Kier molecular flexibility index (Phi) is 7.22. The number of hydrogen-bond acceptors (Lipinski definition) is 5. The summed E-state index contributed by atoms with van der Waals surface area (Å²) in [5, 5.41) is 2.91. The third-order valence-corrected chi connectivity index (χ3v) is 6.44. The number of ketones is 1. The number of nitrogens with two attached hydrogens (primary N) is 1. The summed E-state index contributed by atoms with van der Waals surface area (Å²) in [5.41, 5.74) is 5.42. The van der Waals surface area contributed by atoms with Crippen molar-refractivity contribution in [3.8, 4) is 5.75 Å². The first-order chi connectivity index (χ1) is 15.6. The number of carbonyl (C=O) groups is 3. The van der Waals surface area contributed by atoms with Crippen molar-refractivity contribution in [2.45, 2.75) is 45.3 Å². The van der Waals surface area contributed by atoms with Crippen LogP contribution in [-0.2, 0) is 32.0 Å². The molecule has 3 atom stereocenters. The van der Waals surface area contributed by atoms with Crippen molar-refractivity contribution < 1.29 is 23.9 Å². The second-order valence-corrected chi connectivity index (χ2v) is 9.33. The smallest absolute Gasteiger partial charge is 0.225 e. The molecule has 176 valence electrons. The van der Waals surface area contributed by atoms with E-state index in [9.17, 15) is 14.4 Å². The van der Waals surface area contributed by atoms with Gasteiger partial charge in [-0.1, -0.05) is 56.3 Å². The predicted molar refractivity (Wildman–Crippen MR) is 125 cm³/mol. The average Bonchev–Trinajstić information content (AvgIpc) is 3.55. The summed E-state index contributed by atoms with van der Waals surface area (Å²) >= 11 is 0. The fourth-order valence-corrected chi connectivity index (χ4v) is 3.80. The molecule has 2 amide bonds. The predicted octanol–water partition coefficient (Wildman–Crippen LogP) is 2.45. The number of methoxy groups -OCH3 is 1. The van der Waals surface area contributed by atoms with Gasteiger partial charge in [-0.05, 0) is 43.0 Å². The summed E-state index contributed by atoms with van der Waals surface area (Å²) in [7, 11) is 1.58. The normalized spacial score (nSPS) is 19.3. The van der Waals surface area contributed by atoms with Crippen LogP contribution < -0.4 is 15.8 Å². The van der Waals surface area contributed by atoms with Gasteiger partial charge in [0.2, 0.25) is 11.8 Å². The second-order valence-electron chi connectivity index (χ2n) is 9.33. The Morgan fingerprint density at radius 3 is 2.15 bits per heavy atom. The minimum absolute atomic E-state index is 0.181. The number of primary amides is 1. The number of ether oxygens (including phenoxy) is 2. The third kappa shape index (κ3) is 5.79. The van der Waals surface area contributed by atoms with Crippen molar-refractivity contribution in [3.05, 3.63) is 65.7 Å². The van der Waals surface area contributed by atoms with E-state index in [4.69, 9.17) is 15.2 Å². The third-order valence-electron chi connectivity index (χ3n) is 6.44. The number of rotatable bonds is 11. The quantitative estimate of drug-likeness (QED) is 0.509. The van der Waals surface area contributed by atoms with Crippen molar-refractivity contribution in [1.82, 2.24) is 5.32 Å². The Labute approximate surface area is 194 Å². The van der Waals surface area contributed by atoms with Gasteiger partial charge in [-0.25, -0.2) is 0 Å². The Bertz CT molecular complexity index is 997. The molecule has 3 rings (SSSR count). The molecule has 0 bridgehead atoms. The lowest BCUT2D eigenvalue weighted by Crippen LogP contribution is -2.53. The topological polar surface area (TPSA) is 111 Å². The summed E-state index contributed by atoms with van der Waals surface area (Å²) in [6, 6.07) is 16.0. The van der Waals surface area contributed by atoms with Gasteiger partial charge in [0, 0.05) is 0 Å². The van der Waals surface area contributed by atoms with Gasteiger partial charge < -0.3 is 20.5 Å². The molecule has 3 N–H and O–H groups in total. The first-order valence-corrected chi connectivity index (χ1v) is 11.0. The van der Waals surface area contributed by atoms with Crippen molar-refractivity contribution in [2.75, 3.05) is 13.7 Å². The largest absolute Gasteiger partial charge is 0.497 e. The minimum atomic E-state index is -1.13. The van der Waals surface area contributed by atoms with Crippen LogP contribution >= 0.6 is 0 Å². The summed E-state index contributed by atoms with van der Waals surface area (Å²) in [4.78, 5) is 39.0. The van der Waals surface area contributed by atoms with Crippen LogP contribution in [0.4, 0.5) is 0 Å². The van der Waals surface area contributed by atoms with E-state index in [-0.39, 0.29) is 12.2 Å². The van der Waals surface area contributed by atoms with Gasteiger partial charge >= 0.3 is 0 Å². The van der Waals surface area contributed by atoms with E-state index < -0.39 is 34.8 Å². The lowest BCUT2D eigenvalue weighted by atomic mass is 9.74. The van der Waals surface area contributed by atoms with Gasteiger partial charge in [-0.3, -0.25) is 14.4 Å². The molecule has 2 aromatic carbocycles. The van der Waals surface area contributed by atoms with Gasteiger partial charge in [0.25, 0.3) is 0 Å². The van der Waals surface area contributed by atoms with Crippen LogP contribution in [0, 0.1) is 11.3 Å². The summed E-state index contributed by atoms with van der Waals surface area (Å²) in [6.45, 7) is 5.36. The number of carbonyl (C=O) groups excluding carboxylic acids is 3. The van der Waals surface area contributed by atoms with Crippen LogP contribution in [0.5, 0.6) is 5.75 Å². The van der Waals surface area contributed by atoms with Crippen molar-refractivity contribution in [1.29, 1.82) is 0 Å². The molecular weight excluding hydrogens is 420 g/mol. The lowest BCUT2D eigenvalue weighted by molar-refractivity contribution is -0.140. The molecule has 33 heavy (non-hydrogen) atoms. The standard InChI is InChI=1S/C26H32N2O5/c1-25(2,24(27)31)20(14-18-10-12-19(32-4)13-11-18)23(30)28-21(22(29)26(3)16-33-26)15-17-8-6-5-7-9-17/h5-13,20-21H,14-16H2,1-4H3,(H2,27,31)(H,28,30)/t20-,21+,26-/m1/s1. The monoisotopic (exact) mass is 452 g/mol. The van der Waals surface area contributed by atoms with Crippen LogP contribution in [0.3, 0.4) is 0 Å². The SMILES string of the molecule is COc1ccc(C[C@H](C(=O)N[C@@H](Cc2ccccc2)C(=O)[C@@]2(C)CO2)C(C)(C)C(N)=O)cc1. The molecule has 0 aromatic heterocycles. The van der Waals surface area contributed by atoms with Crippen LogP contribution in [0.15, 0.2) is 54.6 Å². The zero-order chi connectivity index (χ0) is 24.2. The molecule has 1 aliphatic heterocycles. The zero-order valence-electron chi connectivity index (χ0n) is 19.6. The Hall–Kier alpha value is -3.19. The van der Waals surface area contributed by atoms with Gasteiger partial charge in [0.1, 0.15) is 11.4 Å². The number of epoxide rings is 1. The Morgan fingerprint density at radius 2 is 1.64 bits per heavy atom. The molecule has 0 radical (unpaired) electrons. The fourth-order valence-electron chi connectivity index (χ4n) is 3.80.